The lowest BCUT2D eigenvalue weighted by atomic mass is 9.91. The molecule has 1 aromatic heterocycles. The monoisotopic (exact) mass is 239 g/mol. The highest BCUT2D eigenvalue weighted by atomic mass is 32.1. The third-order valence-electron chi connectivity index (χ3n) is 3.01. The molecule has 0 radical (unpaired) electrons. The van der Waals surface area contributed by atoms with E-state index >= 15 is 0 Å². The Morgan fingerprint density at radius 2 is 2.62 bits per heavy atom. The van der Waals surface area contributed by atoms with Crippen LogP contribution in [-0.2, 0) is 4.79 Å². The molecule has 4 nitrogen and oxygen atoms in total. The van der Waals surface area contributed by atoms with E-state index in [1.54, 1.807) is 6.20 Å². The third kappa shape index (κ3) is 2.25. The summed E-state index contributed by atoms with van der Waals surface area (Å²) in [7, 11) is 0. The van der Waals surface area contributed by atoms with E-state index < -0.39 is 0 Å². The number of hydrogen-bond acceptors (Lipinski definition) is 4. The molecule has 5 heteroatoms. The molecule has 2 N–H and O–H groups in total. The van der Waals surface area contributed by atoms with Gasteiger partial charge in [0.15, 0.2) is 5.13 Å². The maximum Gasteiger partial charge on any atom is 0.246 e. The summed E-state index contributed by atoms with van der Waals surface area (Å²) in [6, 6.07) is 0. The van der Waals surface area contributed by atoms with Crippen LogP contribution in [0.5, 0.6) is 0 Å². The second-order valence-corrected chi connectivity index (χ2v) is 5.05. The number of anilines is 1. The van der Waals surface area contributed by atoms with Crippen LogP contribution in [-0.4, -0.2) is 23.0 Å². The zero-order valence-corrected chi connectivity index (χ0v) is 10.3. The van der Waals surface area contributed by atoms with E-state index in [0.29, 0.717) is 5.13 Å². The van der Waals surface area contributed by atoms with Crippen molar-refractivity contribution in [3.05, 3.63) is 11.6 Å². The van der Waals surface area contributed by atoms with E-state index in [9.17, 15) is 4.79 Å². The quantitative estimate of drug-likeness (QED) is 0.845. The first-order chi connectivity index (χ1) is 7.77. The molecular weight excluding hydrogens is 222 g/mol. The van der Waals surface area contributed by atoms with Crippen molar-refractivity contribution in [1.82, 2.24) is 10.3 Å². The molecule has 1 atom stereocenters. The summed E-state index contributed by atoms with van der Waals surface area (Å²) in [5.41, 5.74) is -0.361. The van der Waals surface area contributed by atoms with Crippen molar-refractivity contribution in [1.29, 1.82) is 0 Å². The zero-order chi connectivity index (χ0) is 11.4. The van der Waals surface area contributed by atoms with Gasteiger partial charge in [-0.1, -0.05) is 13.3 Å². The molecule has 1 aliphatic rings. The summed E-state index contributed by atoms with van der Waals surface area (Å²) in [5, 5.41) is 8.80. The van der Waals surface area contributed by atoms with Crippen LogP contribution in [0.15, 0.2) is 11.6 Å². The number of rotatable bonds is 4. The Morgan fingerprint density at radius 3 is 3.19 bits per heavy atom. The first-order valence-electron chi connectivity index (χ1n) is 5.73. The lowest BCUT2D eigenvalue weighted by Gasteiger charge is -2.27. The fourth-order valence-electron chi connectivity index (χ4n) is 2.26. The van der Waals surface area contributed by atoms with E-state index in [4.69, 9.17) is 0 Å². The number of amides is 1. The highest BCUT2D eigenvalue weighted by Gasteiger charge is 2.40. The predicted molar refractivity (Wildman–Crippen MR) is 65.6 cm³/mol. The van der Waals surface area contributed by atoms with Crippen molar-refractivity contribution >= 4 is 22.4 Å². The highest BCUT2D eigenvalue weighted by Crippen LogP contribution is 2.26. The average Bonchev–Trinajstić information content (AvgIpc) is 2.89. The Morgan fingerprint density at radius 1 is 1.75 bits per heavy atom. The molecule has 1 fully saturated rings. The normalized spacial score (nSPS) is 24.6. The fourth-order valence-corrected chi connectivity index (χ4v) is 2.78. The third-order valence-corrected chi connectivity index (χ3v) is 3.70. The van der Waals surface area contributed by atoms with Crippen LogP contribution in [0, 0.1) is 0 Å². The minimum absolute atomic E-state index is 0.0711. The maximum atomic E-state index is 12.2. The lowest BCUT2D eigenvalue weighted by Crippen LogP contribution is -2.50. The summed E-state index contributed by atoms with van der Waals surface area (Å²) >= 11 is 1.46. The van der Waals surface area contributed by atoms with E-state index in [1.807, 2.05) is 5.38 Å². The Labute approximate surface area is 99.5 Å². The molecule has 0 aliphatic carbocycles. The Kier molecular flexibility index (Phi) is 3.56. The highest BCUT2D eigenvalue weighted by molar-refractivity contribution is 7.13. The van der Waals surface area contributed by atoms with Gasteiger partial charge < -0.3 is 10.6 Å². The summed E-state index contributed by atoms with van der Waals surface area (Å²) in [6.07, 6.45) is 5.61. The molecular formula is C11H17N3OS. The van der Waals surface area contributed by atoms with Crippen molar-refractivity contribution in [3.63, 3.8) is 0 Å². The van der Waals surface area contributed by atoms with Gasteiger partial charge in [0.25, 0.3) is 0 Å². The van der Waals surface area contributed by atoms with Crippen LogP contribution in [0.2, 0.25) is 0 Å². The second-order valence-electron chi connectivity index (χ2n) is 4.15. The number of hydrogen-bond donors (Lipinski definition) is 2. The van der Waals surface area contributed by atoms with Crippen LogP contribution in [0.1, 0.15) is 32.6 Å². The summed E-state index contributed by atoms with van der Waals surface area (Å²) < 4.78 is 0. The topological polar surface area (TPSA) is 54.0 Å². The Hall–Kier alpha value is -0.940. The molecule has 2 heterocycles. The molecule has 16 heavy (non-hydrogen) atoms. The molecule has 1 unspecified atom stereocenters. The van der Waals surface area contributed by atoms with Crippen LogP contribution < -0.4 is 10.6 Å². The van der Waals surface area contributed by atoms with Gasteiger partial charge in [-0.15, -0.1) is 11.3 Å². The van der Waals surface area contributed by atoms with Gasteiger partial charge in [0.05, 0.1) is 5.54 Å². The number of nitrogens with one attached hydrogen (secondary N) is 2. The molecule has 1 amide bonds. The van der Waals surface area contributed by atoms with Crippen LogP contribution >= 0.6 is 11.3 Å². The summed E-state index contributed by atoms with van der Waals surface area (Å²) in [4.78, 5) is 16.3. The predicted octanol–water partition coefficient (Wildman–Crippen LogP) is 2.00. The smallest absolute Gasteiger partial charge is 0.246 e. The fraction of sp³-hybridized carbons (Fsp3) is 0.636. The molecule has 0 bridgehead atoms. The number of thiazole rings is 1. The summed E-state index contributed by atoms with van der Waals surface area (Å²) in [5.74, 6) is 0.0711. The first-order valence-corrected chi connectivity index (χ1v) is 6.61. The number of carbonyl (C=O) groups excluding carboxylic acids is 1. The molecule has 0 aromatic carbocycles. The minimum Gasteiger partial charge on any atom is -0.303 e. The van der Waals surface area contributed by atoms with Gasteiger partial charge in [0.1, 0.15) is 0 Å². The largest absolute Gasteiger partial charge is 0.303 e. The molecule has 1 aromatic rings. The number of carbonyl (C=O) groups is 1. The number of aromatic nitrogens is 1. The van der Waals surface area contributed by atoms with Crippen molar-refractivity contribution < 1.29 is 4.79 Å². The Bertz CT molecular complexity index is 344. The van der Waals surface area contributed by atoms with Gasteiger partial charge in [0.2, 0.25) is 5.91 Å². The van der Waals surface area contributed by atoms with Crippen LogP contribution in [0.25, 0.3) is 0 Å². The lowest BCUT2D eigenvalue weighted by molar-refractivity contribution is -0.122. The molecule has 0 spiro atoms. The van der Waals surface area contributed by atoms with Gasteiger partial charge in [-0.25, -0.2) is 4.98 Å². The Balaban J connectivity index is 2.05. The summed E-state index contributed by atoms with van der Waals surface area (Å²) in [6.45, 7) is 3.05. The number of nitrogens with zero attached hydrogens (tertiary/aromatic N) is 1. The van der Waals surface area contributed by atoms with Gasteiger partial charge in [-0.3, -0.25) is 4.79 Å². The van der Waals surface area contributed by atoms with Gasteiger partial charge in [-0.05, 0) is 25.8 Å². The van der Waals surface area contributed by atoms with Gasteiger partial charge in [-0.2, -0.15) is 0 Å². The van der Waals surface area contributed by atoms with Crippen molar-refractivity contribution in [2.75, 3.05) is 11.9 Å². The zero-order valence-electron chi connectivity index (χ0n) is 9.45. The van der Waals surface area contributed by atoms with Gasteiger partial charge >= 0.3 is 0 Å². The van der Waals surface area contributed by atoms with E-state index in [2.05, 4.69) is 22.5 Å². The van der Waals surface area contributed by atoms with Gasteiger partial charge in [0, 0.05) is 11.6 Å². The molecule has 2 rings (SSSR count). The maximum absolute atomic E-state index is 12.2. The average molecular weight is 239 g/mol. The molecule has 1 saturated heterocycles. The van der Waals surface area contributed by atoms with E-state index in [0.717, 1.165) is 32.2 Å². The van der Waals surface area contributed by atoms with Crippen molar-refractivity contribution in [2.45, 2.75) is 38.1 Å². The van der Waals surface area contributed by atoms with Crippen LogP contribution in [0.4, 0.5) is 5.13 Å². The standard InChI is InChI=1S/C11H17N3OS/c1-2-4-11(5-3-6-13-11)9(15)14-10-12-7-8-16-10/h7-8,13H,2-6H2,1H3,(H,12,14,15). The molecule has 88 valence electrons. The van der Waals surface area contributed by atoms with Crippen LogP contribution in [0.3, 0.4) is 0 Å². The minimum atomic E-state index is -0.361. The van der Waals surface area contributed by atoms with Crippen molar-refractivity contribution in [2.24, 2.45) is 0 Å². The van der Waals surface area contributed by atoms with E-state index in [-0.39, 0.29) is 11.4 Å². The first kappa shape index (κ1) is 11.5. The molecule has 0 saturated carbocycles. The van der Waals surface area contributed by atoms with E-state index in [1.165, 1.54) is 11.3 Å². The second kappa shape index (κ2) is 4.93. The molecule has 1 aliphatic heterocycles. The SMILES string of the molecule is CCCC1(C(=O)Nc2nccs2)CCCN1. The van der Waals surface area contributed by atoms with Crippen molar-refractivity contribution in [3.8, 4) is 0 Å².